The van der Waals surface area contributed by atoms with Crippen LogP contribution in [-0.4, -0.2) is 21.3 Å². The number of ether oxygens (including phenoxy) is 1. The van der Waals surface area contributed by atoms with Gasteiger partial charge in [0.2, 0.25) is 0 Å². The summed E-state index contributed by atoms with van der Waals surface area (Å²) in [6.07, 6.45) is -1.39. The summed E-state index contributed by atoms with van der Waals surface area (Å²) >= 11 is 0. The largest absolute Gasteiger partial charge is 0.511 e. The highest BCUT2D eigenvalue weighted by Gasteiger charge is 2.24. The molecule has 0 radical (unpaired) electrons. The molecule has 8 nitrogen and oxygen atoms in total. The van der Waals surface area contributed by atoms with E-state index in [1.165, 1.54) is 6.07 Å². The fourth-order valence-corrected chi connectivity index (χ4v) is 1.90. The van der Waals surface area contributed by atoms with Crippen LogP contribution in [0.4, 0.5) is 10.5 Å². The number of allylic oxidation sites excluding steroid dienone is 1. The lowest BCUT2D eigenvalue weighted by Crippen LogP contribution is -2.08. The summed E-state index contributed by atoms with van der Waals surface area (Å²) in [5, 5.41) is 39.1. The van der Waals surface area contributed by atoms with Gasteiger partial charge in [-0.25, -0.2) is 4.79 Å². The van der Waals surface area contributed by atoms with E-state index >= 15 is 0 Å². The van der Waals surface area contributed by atoms with Crippen LogP contribution in [0.1, 0.15) is 32.8 Å². The third-order valence-corrected chi connectivity index (χ3v) is 2.75. The molecule has 0 spiro atoms. The first-order valence-corrected chi connectivity index (χ1v) is 6.57. The highest BCUT2D eigenvalue weighted by molar-refractivity contribution is 5.74. The first kappa shape index (κ1) is 18.0. The highest BCUT2D eigenvalue weighted by atomic mass is 16.7. The Bertz CT molecular complexity index is 710. The number of carboxylic acid groups (broad SMARTS) is 1. The summed E-state index contributed by atoms with van der Waals surface area (Å²) in [5.74, 6) is -0.758. The number of rotatable bonds is 4. The van der Waals surface area contributed by atoms with Gasteiger partial charge in [-0.15, -0.1) is 0 Å². The molecule has 0 unspecified atom stereocenters. The minimum atomic E-state index is -1.61. The maximum absolute atomic E-state index is 11.1. The molecule has 2 N–H and O–H groups in total. The Balaban J connectivity index is 3.43. The van der Waals surface area contributed by atoms with Gasteiger partial charge in [0, 0.05) is 0 Å². The molecule has 1 aromatic rings. The van der Waals surface area contributed by atoms with Crippen molar-refractivity contribution in [2.24, 2.45) is 5.41 Å². The molecular formula is C15H16N2O6. The number of nitrogens with zero attached hydrogens (tertiary/aromatic N) is 2. The SMILES string of the molecule is CC(C)(C)C/C(C#N)=C(\O)c1ccc(OC(=O)O)cc1[N+](=O)[O-]. The molecule has 0 saturated carbocycles. The molecule has 0 atom stereocenters. The molecular weight excluding hydrogens is 304 g/mol. The van der Waals surface area contributed by atoms with E-state index in [9.17, 15) is 25.3 Å². The van der Waals surface area contributed by atoms with E-state index in [-0.39, 0.29) is 28.7 Å². The summed E-state index contributed by atoms with van der Waals surface area (Å²) in [4.78, 5) is 20.8. The topological polar surface area (TPSA) is 134 Å². The molecule has 0 amide bonds. The van der Waals surface area contributed by atoms with Crippen LogP contribution < -0.4 is 4.74 Å². The van der Waals surface area contributed by atoms with Gasteiger partial charge >= 0.3 is 6.16 Å². The Morgan fingerprint density at radius 3 is 2.43 bits per heavy atom. The van der Waals surface area contributed by atoms with Crippen LogP contribution in [0.3, 0.4) is 0 Å². The summed E-state index contributed by atoms with van der Waals surface area (Å²) in [6, 6.07) is 5.04. The molecule has 23 heavy (non-hydrogen) atoms. The van der Waals surface area contributed by atoms with Gasteiger partial charge in [-0.3, -0.25) is 10.1 Å². The van der Waals surface area contributed by atoms with Gasteiger partial charge in [-0.1, -0.05) is 20.8 Å². The lowest BCUT2D eigenvalue weighted by Gasteiger charge is -2.18. The maximum atomic E-state index is 11.1. The van der Waals surface area contributed by atoms with E-state index < -0.39 is 22.5 Å². The summed E-state index contributed by atoms with van der Waals surface area (Å²) in [6.45, 7) is 5.57. The van der Waals surface area contributed by atoms with E-state index in [1.54, 1.807) is 0 Å². The van der Waals surface area contributed by atoms with Crippen molar-refractivity contribution in [3.8, 4) is 11.8 Å². The van der Waals surface area contributed by atoms with Crippen molar-refractivity contribution in [1.82, 2.24) is 0 Å². The molecule has 0 saturated heterocycles. The second-order valence-electron chi connectivity index (χ2n) is 5.98. The van der Waals surface area contributed by atoms with Crippen LogP contribution in [-0.2, 0) is 0 Å². The number of hydrogen-bond donors (Lipinski definition) is 2. The van der Waals surface area contributed by atoms with E-state index in [0.717, 1.165) is 12.1 Å². The van der Waals surface area contributed by atoms with Crippen molar-refractivity contribution in [1.29, 1.82) is 5.26 Å². The number of carbonyl (C=O) groups is 1. The number of nitro groups is 1. The van der Waals surface area contributed by atoms with Crippen LogP contribution in [0.2, 0.25) is 0 Å². The molecule has 0 aliphatic heterocycles. The lowest BCUT2D eigenvalue weighted by atomic mass is 9.87. The van der Waals surface area contributed by atoms with Crippen molar-refractivity contribution in [2.45, 2.75) is 27.2 Å². The summed E-state index contributed by atoms with van der Waals surface area (Å²) < 4.78 is 4.36. The predicted octanol–water partition coefficient (Wildman–Crippen LogP) is 3.88. The van der Waals surface area contributed by atoms with Crippen LogP contribution in [0.5, 0.6) is 5.75 Å². The quantitative estimate of drug-likeness (QED) is 0.215. The molecule has 0 aliphatic carbocycles. The number of hydrogen-bond acceptors (Lipinski definition) is 6. The van der Waals surface area contributed by atoms with Crippen molar-refractivity contribution in [2.75, 3.05) is 0 Å². The predicted molar refractivity (Wildman–Crippen MR) is 81.0 cm³/mol. The molecule has 0 aromatic heterocycles. The van der Waals surface area contributed by atoms with Crippen LogP contribution in [0, 0.1) is 26.9 Å². The van der Waals surface area contributed by atoms with Gasteiger partial charge in [0.1, 0.15) is 11.5 Å². The number of nitro benzene ring substituents is 1. The third kappa shape index (κ3) is 5.00. The van der Waals surface area contributed by atoms with Crippen molar-refractivity contribution >= 4 is 17.6 Å². The number of aliphatic hydroxyl groups excluding tert-OH is 1. The zero-order valence-electron chi connectivity index (χ0n) is 12.9. The number of nitriles is 1. The molecule has 0 heterocycles. The molecule has 8 heteroatoms. The second kappa shape index (κ2) is 6.79. The van der Waals surface area contributed by atoms with Gasteiger partial charge in [0.25, 0.3) is 5.69 Å². The molecule has 0 fully saturated rings. The standard InChI is InChI=1S/C15H16N2O6/c1-15(2,3)7-9(8-16)13(18)11-5-4-10(23-14(19)20)6-12(11)17(21)22/h4-6,18H,7H2,1-3H3,(H,19,20)/b13-9+. The Labute approximate surface area is 132 Å². The average Bonchev–Trinajstić information content (AvgIpc) is 2.42. The molecule has 122 valence electrons. The van der Waals surface area contributed by atoms with Crippen molar-refractivity contribution < 1.29 is 24.7 Å². The fraction of sp³-hybridized carbons (Fsp3) is 0.333. The number of benzene rings is 1. The Morgan fingerprint density at radius 1 is 1.39 bits per heavy atom. The lowest BCUT2D eigenvalue weighted by molar-refractivity contribution is -0.385. The van der Waals surface area contributed by atoms with Crippen LogP contribution >= 0.6 is 0 Å². The minimum absolute atomic E-state index is 0.00695. The van der Waals surface area contributed by atoms with E-state index in [2.05, 4.69) is 4.74 Å². The molecule has 0 aliphatic rings. The first-order chi connectivity index (χ1) is 10.5. The van der Waals surface area contributed by atoms with Crippen molar-refractivity contribution in [3.63, 3.8) is 0 Å². The maximum Gasteiger partial charge on any atom is 0.511 e. The van der Waals surface area contributed by atoms with E-state index in [1.807, 2.05) is 26.8 Å². The Morgan fingerprint density at radius 2 is 2.00 bits per heavy atom. The normalized spacial score (nSPS) is 12.1. The van der Waals surface area contributed by atoms with Crippen LogP contribution in [0.15, 0.2) is 23.8 Å². The monoisotopic (exact) mass is 320 g/mol. The molecule has 1 aromatic carbocycles. The second-order valence-corrected chi connectivity index (χ2v) is 5.98. The molecule has 1 rings (SSSR count). The molecule has 0 bridgehead atoms. The third-order valence-electron chi connectivity index (χ3n) is 2.75. The zero-order chi connectivity index (χ0) is 17.8. The Hall–Kier alpha value is -3.08. The van der Waals surface area contributed by atoms with Crippen LogP contribution in [0.25, 0.3) is 5.76 Å². The average molecular weight is 320 g/mol. The smallest absolute Gasteiger partial charge is 0.506 e. The van der Waals surface area contributed by atoms with Crippen molar-refractivity contribution in [3.05, 3.63) is 39.4 Å². The fourth-order valence-electron chi connectivity index (χ4n) is 1.90. The van der Waals surface area contributed by atoms with Gasteiger partial charge < -0.3 is 14.9 Å². The summed E-state index contributed by atoms with van der Waals surface area (Å²) in [7, 11) is 0. The Kier molecular flexibility index (Phi) is 5.30. The first-order valence-electron chi connectivity index (χ1n) is 6.57. The van der Waals surface area contributed by atoms with E-state index in [4.69, 9.17) is 5.11 Å². The van der Waals surface area contributed by atoms with Gasteiger partial charge in [0.05, 0.1) is 28.2 Å². The number of aliphatic hydroxyl groups is 1. The zero-order valence-corrected chi connectivity index (χ0v) is 12.9. The van der Waals surface area contributed by atoms with E-state index in [0.29, 0.717) is 0 Å². The van der Waals surface area contributed by atoms with Gasteiger partial charge in [0.15, 0.2) is 0 Å². The van der Waals surface area contributed by atoms with Gasteiger partial charge in [-0.05, 0) is 24.0 Å². The van der Waals surface area contributed by atoms with Gasteiger partial charge in [-0.2, -0.15) is 5.26 Å². The minimum Gasteiger partial charge on any atom is -0.506 e. The summed E-state index contributed by atoms with van der Waals surface area (Å²) in [5.41, 5.74) is -1.02. The highest BCUT2D eigenvalue weighted by Crippen LogP contribution is 2.33.